The molecule has 0 saturated heterocycles. The van der Waals surface area contributed by atoms with Crippen molar-refractivity contribution in [1.29, 1.82) is 0 Å². The Hall–Kier alpha value is -1.04. The zero-order chi connectivity index (χ0) is 13.4. The fourth-order valence-corrected chi connectivity index (χ4v) is 2.66. The number of hydrogen-bond acceptors (Lipinski definition) is 1. The van der Waals surface area contributed by atoms with Crippen LogP contribution < -0.4 is 0 Å². The Morgan fingerprint density at radius 3 is 2.35 bits per heavy atom. The molecule has 0 radical (unpaired) electrons. The minimum Gasteiger partial charge on any atom is -0.478 e. The summed E-state index contributed by atoms with van der Waals surface area (Å²) in [6, 6.07) is 0.882. The maximum atomic E-state index is 12.8. The van der Waals surface area contributed by atoms with Crippen molar-refractivity contribution in [3.8, 4) is 0 Å². The van der Waals surface area contributed by atoms with Gasteiger partial charge in [0.05, 0.1) is 11.1 Å². The average molecular weight is 311 g/mol. The number of aryl methyl sites for hydroxylation is 1. The van der Waals surface area contributed by atoms with E-state index in [1.54, 1.807) is 6.92 Å². The summed E-state index contributed by atoms with van der Waals surface area (Å²) in [4.78, 5) is 11.0. The largest absolute Gasteiger partial charge is 0.478 e. The van der Waals surface area contributed by atoms with Gasteiger partial charge in [-0.15, -0.1) is 0 Å². The van der Waals surface area contributed by atoms with Crippen molar-refractivity contribution >= 4 is 21.9 Å². The summed E-state index contributed by atoms with van der Waals surface area (Å²) in [6.07, 6.45) is -4.37. The van der Waals surface area contributed by atoms with E-state index in [0.717, 1.165) is 6.07 Å². The third kappa shape index (κ3) is 2.62. The molecule has 0 fully saturated rings. The van der Waals surface area contributed by atoms with Crippen LogP contribution in [0.4, 0.5) is 13.2 Å². The van der Waals surface area contributed by atoms with Crippen LogP contribution in [0.15, 0.2) is 10.5 Å². The lowest BCUT2D eigenvalue weighted by atomic mass is 9.97. The van der Waals surface area contributed by atoms with Gasteiger partial charge in [-0.1, -0.05) is 6.92 Å². The lowest BCUT2D eigenvalue weighted by molar-refractivity contribution is -0.138. The summed E-state index contributed by atoms with van der Waals surface area (Å²) in [6.45, 7) is 2.90. The summed E-state index contributed by atoms with van der Waals surface area (Å²) < 4.78 is 38.3. The molecule has 0 aliphatic carbocycles. The van der Waals surface area contributed by atoms with Crippen molar-refractivity contribution in [2.75, 3.05) is 0 Å². The van der Waals surface area contributed by atoms with Crippen molar-refractivity contribution in [2.24, 2.45) is 0 Å². The topological polar surface area (TPSA) is 37.3 Å². The third-order valence-electron chi connectivity index (χ3n) is 2.44. The predicted molar refractivity (Wildman–Crippen MR) is 60.2 cm³/mol. The zero-order valence-electron chi connectivity index (χ0n) is 9.15. The molecule has 2 nitrogen and oxygen atoms in total. The number of rotatable bonds is 2. The first-order valence-corrected chi connectivity index (χ1v) is 5.61. The van der Waals surface area contributed by atoms with Gasteiger partial charge in [0.1, 0.15) is 0 Å². The predicted octanol–water partition coefficient (Wildman–Crippen LogP) is 4.04. The molecule has 0 amide bonds. The van der Waals surface area contributed by atoms with E-state index in [9.17, 15) is 18.0 Å². The van der Waals surface area contributed by atoms with E-state index in [4.69, 9.17) is 5.11 Å². The summed E-state index contributed by atoms with van der Waals surface area (Å²) in [7, 11) is 0. The fraction of sp³-hybridized carbons (Fsp3) is 0.364. The number of alkyl halides is 3. The van der Waals surface area contributed by atoms with Crippen molar-refractivity contribution in [3.05, 3.63) is 32.8 Å². The lowest BCUT2D eigenvalue weighted by Crippen LogP contribution is -2.13. The number of carboxylic acid groups (broad SMARTS) is 1. The monoisotopic (exact) mass is 310 g/mol. The SMILES string of the molecule is CCc1c(C(F)(F)F)cc(C)c(C(=O)O)c1Br. The Kier molecular flexibility index (Phi) is 3.86. The molecule has 1 aromatic rings. The normalized spacial score (nSPS) is 11.6. The molecule has 0 atom stereocenters. The molecule has 0 aliphatic rings. The van der Waals surface area contributed by atoms with Crippen LogP contribution in [-0.2, 0) is 12.6 Å². The number of carbonyl (C=O) groups is 1. The third-order valence-corrected chi connectivity index (χ3v) is 3.31. The van der Waals surface area contributed by atoms with Gasteiger partial charge in [-0.3, -0.25) is 0 Å². The maximum Gasteiger partial charge on any atom is 0.416 e. The van der Waals surface area contributed by atoms with Gasteiger partial charge in [-0.05, 0) is 46.5 Å². The molecule has 1 N–H and O–H groups in total. The summed E-state index contributed by atoms with van der Waals surface area (Å²) in [5.74, 6) is -1.24. The molecular weight excluding hydrogens is 301 g/mol. The van der Waals surface area contributed by atoms with Gasteiger partial charge in [-0.25, -0.2) is 4.79 Å². The van der Waals surface area contributed by atoms with Crippen molar-refractivity contribution < 1.29 is 23.1 Å². The number of aromatic carboxylic acids is 1. The Morgan fingerprint density at radius 2 is 2.00 bits per heavy atom. The van der Waals surface area contributed by atoms with Crippen molar-refractivity contribution in [3.63, 3.8) is 0 Å². The molecule has 1 rings (SSSR count). The molecular formula is C11H10BrF3O2. The molecule has 0 unspecified atom stereocenters. The van der Waals surface area contributed by atoms with E-state index in [1.807, 2.05) is 0 Å². The van der Waals surface area contributed by atoms with Crippen LogP contribution in [0.25, 0.3) is 0 Å². The standard InChI is InChI=1S/C11H10BrF3O2/c1-3-6-7(11(13,14)15)4-5(2)8(9(6)12)10(16)17/h4H,3H2,1-2H3,(H,16,17). The van der Waals surface area contributed by atoms with Gasteiger partial charge in [0.15, 0.2) is 0 Å². The van der Waals surface area contributed by atoms with Crippen molar-refractivity contribution in [1.82, 2.24) is 0 Å². The van der Waals surface area contributed by atoms with Crippen LogP contribution in [0.2, 0.25) is 0 Å². The Balaban J connectivity index is 3.64. The van der Waals surface area contributed by atoms with Gasteiger partial charge in [0.2, 0.25) is 0 Å². The van der Waals surface area contributed by atoms with E-state index >= 15 is 0 Å². The molecule has 0 aromatic heterocycles. The molecule has 0 saturated carbocycles. The van der Waals surface area contributed by atoms with E-state index in [0.29, 0.717) is 0 Å². The van der Waals surface area contributed by atoms with Crippen LogP contribution >= 0.6 is 15.9 Å². The van der Waals surface area contributed by atoms with Crippen LogP contribution in [0.3, 0.4) is 0 Å². The van der Waals surface area contributed by atoms with Crippen molar-refractivity contribution in [2.45, 2.75) is 26.4 Å². The summed E-state index contributed by atoms with van der Waals surface area (Å²) >= 11 is 2.96. The first-order valence-electron chi connectivity index (χ1n) is 4.82. The van der Waals surface area contributed by atoms with E-state index in [1.165, 1.54) is 6.92 Å². The quantitative estimate of drug-likeness (QED) is 0.895. The minimum absolute atomic E-state index is 0.0137. The van der Waals surface area contributed by atoms with Gasteiger partial charge in [0, 0.05) is 4.47 Å². The molecule has 0 spiro atoms. The smallest absolute Gasteiger partial charge is 0.416 e. The van der Waals surface area contributed by atoms with E-state index in [-0.39, 0.29) is 27.6 Å². The molecule has 94 valence electrons. The second kappa shape index (κ2) is 4.68. The first-order chi connectivity index (χ1) is 7.70. The summed E-state index contributed by atoms with van der Waals surface area (Å²) in [5.41, 5.74) is -0.835. The average Bonchev–Trinajstić information content (AvgIpc) is 2.14. The molecule has 0 bridgehead atoms. The van der Waals surface area contributed by atoms with Gasteiger partial charge >= 0.3 is 12.1 Å². The van der Waals surface area contributed by atoms with Gasteiger partial charge < -0.3 is 5.11 Å². The second-order valence-electron chi connectivity index (χ2n) is 3.57. The number of halogens is 4. The Morgan fingerprint density at radius 1 is 1.47 bits per heavy atom. The van der Waals surface area contributed by atoms with Crippen LogP contribution in [-0.4, -0.2) is 11.1 Å². The Bertz CT molecular complexity index is 467. The van der Waals surface area contributed by atoms with Crippen LogP contribution in [0, 0.1) is 6.92 Å². The van der Waals surface area contributed by atoms with E-state index < -0.39 is 17.7 Å². The Labute approximate surface area is 105 Å². The number of carboxylic acids is 1. The van der Waals surface area contributed by atoms with E-state index in [2.05, 4.69) is 15.9 Å². The minimum atomic E-state index is -4.48. The van der Waals surface area contributed by atoms with Crippen LogP contribution in [0.5, 0.6) is 0 Å². The molecule has 17 heavy (non-hydrogen) atoms. The van der Waals surface area contributed by atoms with Gasteiger partial charge in [-0.2, -0.15) is 13.2 Å². The highest BCUT2D eigenvalue weighted by Crippen LogP contribution is 2.38. The molecule has 0 heterocycles. The molecule has 0 aliphatic heterocycles. The lowest BCUT2D eigenvalue weighted by Gasteiger charge is -2.16. The fourth-order valence-electron chi connectivity index (χ4n) is 1.68. The first kappa shape index (κ1) is 14.0. The van der Waals surface area contributed by atoms with Crippen LogP contribution in [0.1, 0.15) is 34.0 Å². The highest BCUT2D eigenvalue weighted by molar-refractivity contribution is 9.10. The number of benzene rings is 1. The second-order valence-corrected chi connectivity index (χ2v) is 4.36. The highest BCUT2D eigenvalue weighted by atomic mass is 79.9. The summed E-state index contributed by atoms with van der Waals surface area (Å²) in [5, 5.41) is 8.95. The maximum absolute atomic E-state index is 12.8. The molecule has 6 heteroatoms. The highest BCUT2D eigenvalue weighted by Gasteiger charge is 2.35. The van der Waals surface area contributed by atoms with Gasteiger partial charge in [0.25, 0.3) is 0 Å². The molecule has 1 aromatic carbocycles. The zero-order valence-corrected chi connectivity index (χ0v) is 10.7. The number of hydrogen-bond donors (Lipinski definition) is 1.